The minimum atomic E-state index is -1.71. The summed E-state index contributed by atoms with van der Waals surface area (Å²) < 4.78 is 32.3. The number of piperidine rings is 1. The number of benzene rings is 1. The van der Waals surface area contributed by atoms with Crippen molar-refractivity contribution in [1.82, 2.24) is 4.90 Å². The van der Waals surface area contributed by atoms with Gasteiger partial charge in [-0.05, 0) is 87.8 Å². The molecule has 1 aromatic carbocycles. The fourth-order valence-corrected chi connectivity index (χ4v) is 14.2. The van der Waals surface area contributed by atoms with Crippen LogP contribution in [0.3, 0.4) is 0 Å². The molecule has 0 amide bonds. The molecule has 6 fully saturated rings. The van der Waals surface area contributed by atoms with E-state index in [1.807, 2.05) is 6.07 Å². The number of hydrogen-bond donors (Lipinski definition) is 2. The maximum atomic E-state index is 14.5. The van der Waals surface area contributed by atoms with E-state index in [1.165, 1.54) is 32.8 Å². The molecular weight excluding hydrogens is 747 g/mol. The van der Waals surface area contributed by atoms with Gasteiger partial charge in [-0.1, -0.05) is 94.9 Å². The van der Waals surface area contributed by atoms with Crippen LogP contribution < -0.4 is 0 Å². The van der Waals surface area contributed by atoms with Crippen molar-refractivity contribution in [1.29, 1.82) is 0 Å². The van der Waals surface area contributed by atoms with Crippen molar-refractivity contribution >= 4 is 11.9 Å². The fourth-order valence-electron chi connectivity index (χ4n) is 14.2. The molecule has 0 aromatic heterocycles. The first-order valence-electron chi connectivity index (χ1n) is 23.1. The van der Waals surface area contributed by atoms with Crippen LogP contribution in [0.1, 0.15) is 127 Å². The number of carbonyl (C=O) groups is 2. The summed E-state index contributed by atoms with van der Waals surface area (Å²) in [6.07, 6.45) is 20.3. The number of hydrogen-bond acceptors (Lipinski definition) is 10. The molecule has 328 valence electrons. The Labute approximate surface area is 353 Å². The number of methoxy groups -OCH3 is 3. The number of aliphatic hydroxyl groups is 2. The predicted octanol–water partition coefficient (Wildman–Crippen LogP) is 7.85. The van der Waals surface area contributed by atoms with Crippen LogP contribution in [0.5, 0.6) is 0 Å². The van der Waals surface area contributed by atoms with Crippen molar-refractivity contribution in [3.8, 4) is 0 Å². The van der Waals surface area contributed by atoms with Crippen LogP contribution >= 0.6 is 0 Å². The third-order valence-corrected chi connectivity index (χ3v) is 16.0. The Balaban J connectivity index is 1.15. The van der Waals surface area contributed by atoms with Crippen molar-refractivity contribution < 1.29 is 43.5 Å². The molecule has 1 aliphatic heterocycles. The lowest BCUT2D eigenvalue weighted by Gasteiger charge is -2.68. The predicted molar refractivity (Wildman–Crippen MR) is 227 cm³/mol. The number of carbonyl (C=O) groups excluding carboxylic acids is 2. The van der Waals surface area contributed by atoms with Crippen LogP contribution in [0.25, 0.3) is 0 Å². The zero-order valence-electron chi connectivity index (χ0n) is 36.5. The second-order valence-corrected chi connectivity index (χ2v) is 18.9. The number of rotatable bonds is 22. The van der Waals surface area contributed by atoms with Crippen LogP contribution in [-0.2, 0) is 28.5 Å². The number of esters is 2. The highest BCUT2D eigenvalue weighted by Gasteiger charge is 2.90. The van der Waals surface area contributed by atoms with Gasteiger partial charge in [0.25, 0.3) is 0 Å². The molecule has 7 bridgehead atoms. The van der Waals surface area contributed by atoms with Crippen LogP contribution in [-0.4, -0.2) is 110 Å². The van der Waals surface area contributed by atoms with Crippen LogP contribution in [0.15, 0.2) is 54.6 Å². The Kier molecular flexibility index (Phi) is 14.2. The first-order chi connectivity index (χ1) is 28.6. The average Bonchev–Trinajstić information content (AvgIpc) is 3.61. The molecule has 59 heavy (non-hydrogen) atoms. The smallest absolute Gasteiger partial charge is 0.338 e. The summed E-state index contributed by atoms with van der Waals surface area (Å²) in [6, 6.07) is 8.73. The van der Waals surface area contributed by atoms with Gasteiger partial charge >= 0.3 is 11.9 Å². The molecule has 1 saturated heterocycles. The van der Waals surface area contributed by atoms with Gasteiger partial charge in [0.15, 0.2) is 5.60 Å². The summed E-state index contributed by atoms with van der Waals surface area (Å²) >= 11 is 0. The molecule has 5 saturated carbocycles. The molecule has 13 atom stereocenters. The molecule has 2 N–H and O–H groups in total. The summed E-state index contributed by atoms with van der Waals surface area (Å²) in [5, 5.41) is 25.9. The molecule has 10 heteroatoms. The van der Waals surface area contributed by atoms with Crippen LogP contribution in [0, 0.1) is 34.5 Å². The number of allylic oxidation sites excluding steroid dienone is 4. The van der Waals surface area contributed by atoms with Crippen molar-refractivity contribution in [2.24, 2.45) is 34.5 Å². The van der Waals surface area contributed by atoms with Crippen molar-refractivity contribution in [3.63, 3.8) is 0 Å². The Morgan fingerprint density at radius 1 is 0.864 bits per heavy atom. The largest absolute Gasteiger partial charge is 0.455 e. The first kappa shape index (κ1) is 44.5. The van der Waals surface area contributed by atoms with E-state index in [0.29, 0.717) is 18.6 Å². The van der Waals surface area contributed by atoms with E-state index >= 15 is 0 Å². The standard InChI is InChI=1S/C49H73NO9/c1-6-8-9-10-11-12-13-14-15-16-17-18-19-20-24-28-36(51)59-49-37-35(31-48(54,44(57-5)42(49)52)43(37)58-45(53)34-26-22-21-23-27-34)47-30-25-29-46(33-55-3)32-50(7-2)41(47)38(49)39(56-4)40(46)47/h11-12,14-15,21-23,26-27,35,37-44,52,54H,6-10,13,16-20,24-25,28-33H2,1-5H3/b12-11-,15-14-/t35-,37-,38+,39+,40-,41?,42+,43-,44+,46+,47-,48-,49-/m1/s1. The summed E-state index contributed by atoms with van der Waals surface area (Å²) in [4.78, 5) is 31.0. The zero-order valence-corrected chi connectivity index (χ0v) is 36.5. The van der Waals surface area contributed by atoms with E-state index in [1.54, 1.807) is 38.5 Å². The number of likely N-dealkylation sites (tertiary alicyclic amines) is 1. The highest BCUT2D eigenvalue weighted by molar-refractivity contribution is 5.89. The van der Waals surface area contributed by atoms with Gasteiger partial charge in [-0.25, -0.2) is 4.79 Å². The minimum absolute atomic E-state index is 0.0283. The number of ether oxygens (including phenoxy) is 5. The molecule has 10 nitrogen and oxygen atoms in total. The number of aliphatic hydroxyl groups excluding tert-OH is 1. The van der Waals surface area contributed by atoms with Gasteiger partial charge in [0, 0.05) is 63.5 Å². The quantitative estimate of drug-likeness (QED) is 0.0680. The molecule has 1 aromatic rings. The van der Waals surface area contributed by atoms with Crippen LogP contribution in [0.4, 0.5) is 0 Å². The molecule has 0 radical (unpaired) electrons. The number of nitrogens with zero attached hydrogens (tertiary/aromatic N) is 1. The summed E-state index contributed by atoms with van der Waals surface area (Å²) in [5.74, 6) is -2.29. The Hall–Kier alpha value is -2.60. The van der Waals surface area contributed by atoms with Crippen molar-refractivity contribution in [3.05, 3.63) is 60.2 Å². The van der Waals surface area contributed by atoms with Crippen molar-refractivity contribution in [2.45, 2.75) is 158 Å². The van der Waals surface area contributed by atoms with E-state index in [4.69, 9.17) is 23.7 Å². The van der Waals surface area contributed by atoms with Gasteiger partial charge in [-0.15, -0.1) is 0 Å². The third kappa shape index (κ3) is 7.47. The van der Waals surface area contributed by atoms with Crippen molar-refractivity contribution in [2.75, 3.05) is 41.0 Å². The Morgan fingerprint density at radius 3 is 2.25 bits per heavy atom. The molecule has 1 unspecified atom stereocenters. The highest BCUT2D eigenvalue weighted by Crippen LogP contribution is 2.80. The zero-order chi connectivity index (χ0) is 41.8. The normalized spacial score (nSPS) is 39.3. The van der Waals surface area contributed by atoms with E-state index in [9.17, 15) is 19.8 Å². The monoisotopic (exact) mass is 820 g/mol. The Morgan fingerprint density at radius 2 is 1.58 bits per heavy atom. The topological polar surface area (TPSA) is 124 Å². The van der Waals surface area contributed by atoms with Gasteiger partial charge in [0.2, 0.25) is 0 Å². The Bertz CT molecular complexity index is 1630. The number of fused-ring (bicyclic) bond motifs is 2. The van der Waals surface area contributed by atoms with Crippen LogP contribution in [0.2, 0.25) is 0 Å². The van der Waals surface area contributed by atoms with E-state index in [0.717, 1.165) is 70.9 Å². The summed E-state index contributed by atoms with van der Waals surface area (Å²) in [5.41, 5.74) is -3.48. The van der Waals surface area contributed by atoms with E-state index in [-0.39, 0.29) is 53.6 Å². The van der Waals surface area contributed by atoms with Gasteiger partial charge in [-0.2, -0.15) is 0 Å². The minimum Gasteiger partial charge on any atom is -0.455 e. The maximum absolute atomic E-state index is 14.5. The second-order valence-electron chi connectivity index (χ2n) is 18.9. The lowest BCUT2D eigenvalue weighted by atomic mass is 9.44. The highest BCUT2D eigenvalue weighted by atomic mass is 16.6. The van der Waals surface area contributed by atoms with Gasteiger partial charge in [-0.3, -0.25) is 9.69 Å². The van der Waals surface area contributed by atoms with Gasteiger partial charge in [0.1, 0.15) is 23.9 Å². The summed E-state index contributed by atoms with van der Waals surface area (Å²) in [7, 11) is 5.00. The van der Waals surface area contributed by atoms with E-state index in [2.05, 4.69) is 43.1 Å². The molecule has 5 aliphatic carbocycles. The molecular formula is C49H73NO9. The lowest BCUT2D eigenvalue weighted by Crippen LogP contribution is -2.79. The SMILES string of the molecule is CCCCC/C=C\C/C=C\CCCCCCCC(=O)O[C@]12[C@H]3[C@@H](OC(=O)c4ccccc4)[C@](O)(C[C@H]3[C@@]34CCC[C@@]5(COC)CN(CC)C3[C@@H]1[C@H](OC)[C@H]54)[C@@H](OC)[C@@H]2O. The van der Waals surface area contributed by atoms with E-state index < -0.39 is 47.3 Å². The first-order valence-corrected chi connectivity index (χ1v) is 23.1. The van der Waals surface area contributed by atoms with Gasteiger partial charge in [0.05, 0.1) is 18.3 Å². The lowest BCUT2D eigenvalue weighted by molar-refractivity contribution is -0.311. The molecule has 1 heterocycles. The second kappa shape index (κ2) is 18.8. The van der Waals surface area contributed by atoms with Gasteiger partial charge < -0.3 is 33.9 Å². The summed E-state index contributed by atoms with van der Waals surface area (Å²) in [6.45, 7) is 6.56. The molecule has 1 spiro atoms. The average molecular weight is 820 g/mol. The molecule has 7 rings (SSSR count). The third-order valence-electron chi connectivity index (χ3n) is 16.0. The fraction of sp³-hybridized carbons (Fsp3) is 0.755. The maximum Gasteiger partial charge on any atom is 0.338 e. The number of unbranched alkanes of at least 4 members (excludes halogenated alkanes) is 8. The molecule has 6 aliphatic rings.